The van der Waals surface area contributed by atoms with Crippen LogP contribution in [0.4, 0.5) is 0 Å². The zero-order valence-electron chi connectivity index (χ0n) is 10.1. The van der Waals surface area contributed by atoms with Crippen LogP contribution in [0, 0.1) is 0 Å². The van der Waals surface area contributed by atoms with Crippen molar-refractivity contribution in [3.8, 4) is 0 Å². The normalized spacial score (nSPS) is 11.6. The molecule has 0 fully saturated rings. The fourth-order valence-corrected chi connectivity index (χ4v) is 1.01. The van der Waals surface area contributed by atoms with Crippen molar-refractivity contribution in [2.45, 2.75) is 45.6 Å². The molecule has 0 aromatic rings. The molecule has 6 nitrogen and oxygen atoms in total. The maximum atomic E-state index is 11.2. The molecule has 0 aromatic heterocycles. The van der Waals surface area contributed by atoms with Gasteiger partial charge in [0.25, 0.3) is 0 Å². The third-order valence-corrected chi connectivity index (χ3v) is 1.87. The van der Waals surface area contributed by atoms with Gasteiger partial charge >= 0.3 is 17.9 Å². The van der Waals surface area contributed by atoms with Gasteiger partial charge in [-0.2, -0.15) is 0 Å². The number of aliphatic carboxylic acids is 1. The molecule has 98 valence electrons. The molecule has 0 rings (SSSR count). The van der Waals surface area contributed by atoms with E-state index >= 15 is 0 Å². The van der Waals surface area contributed by atoms with Crippen molar-refractivity contribution < 1.29 is 29.0 Å². The SMILES string of the molecule is CCC(=O)OCC(C)OC(=O)CCCC(=O)O. The minimum absolute atomic E-state index is 0.0251. The summed E-state index contributed by atoms with van der Waals surface area (Å²) in [7, 11) is 0. The lowest BCUT2D eigenvalue weighted by atomic mass is 10.2. The van der Waals surface area contributed by atoms with E-state index in [-0.39, 0.29) is 38.3 Å². The van der Waals surface area contributed by atoms with Gasteiger partial charge in [0, 0.05) is 19.3 Å². The molecule has 17 heavy (non-hydrogen) atoms. The van der Waals surface area contributed by atoms with Gasteiger partial charge in [0.2, 0.25) is 0 Å². The number of hydrogen-bond donors (Lipinski definition) is 1. The molecule has 0 saturated carbocycles. The van der Waals surface area contributed by atoms with Crippen molar-refractivity contribution in [3.63, 3.8) is 0 Å². The molecule has 0 aliphatic heterocycles. The van der Waals surface area contributed by atoms with Crippen LogP contribution in [0.3, 0.4) is 0 Å². The van der Waals surface area contributed by atoms with Gasteiger partial charge in [-0.1, -0.05) is 6.92 Å². The molecule has 0 bridgehead atoms. The number of ether oxygens (including phenoxy) is 2. The zero-order chi connectivity index (χ0) is 13.3. The van der Waals surface area contributed by atoms with Crippen LogP contribution in [0.15, 0.2) is 0 Å². The first-order valence-corrected chi connectivity index (χ1v) is 5.52. The summed E-state index contributed by atoms with van der Waals surface area (Å²) >= 11 is 0. The minimum atomic E-state index is -0.942. The Bertz CT molecular complexity index is 273. The molecule has 0 spiro atoms. The highest BCUT2D eigenvalue weighted by Crippen LogP contribution is 2.01. The maximum Gasteiger partial charge on any atom is 0.306 e. The number of hydrogen-bond acceptors (Lipinski definition) is 5. The second-order valence-electron chi connectivity index (χ2n) is 3.58. The highest BCUT2D eigenvalue weighted by Gasteiger charge is 2.11. The highest BCUT2D eigenvalue weighted by atomic mass is 16.6. The second kappa shape index (κ2) is 8.55. The number of carboxylic acids is 1. The number of carboxylic acid groups (broad SMARTS) is 1. The quantitative estimate of drug-likeness (QED) is 0.645. The largest absolute Gasteiger partial charge is 0.481 e. The summed E-state index contributed by atoms with van der Waals surface area (Å²) in [5.41, 5.74) is 0. The molecule has 0 amide bonds. The zero-order valence-corrected chi connectivity index (χ0v) is 10.1. The first kappa shape index (κ1) is 15.4. The lowest BCUT2D eigenvalue weighted by Crippen LogP contribution is -2.22. The van der Waals surface area contributed by atoms with Crippen LogP contribution in [-0.4, -0.2) is 35.7 Å². The van der Waals surface area contributed by atoms with E-state index in [4.69, 9.17) is 14.6 Å². The van der Waals surface area contributed by atoms with E-state index < -0.39 is 18.0 Å². The van der Waals surface area contributed by atoms with Crippen LogP contribution in [-0.2, 0) is 23.9 Å². The van der Waals surface area contributed by atoms with Gasteiger partial charge in [-0.25, -0.2) is 0 Å². The fourth-order valence-electron chi connectivity index (χ4n) is 1.01. The Hall–Kier alpha value is -1.59. The first-order chi connectivity index (χ1) is 7.95. The summed E-state index contributed by atoms with van der Waals surface area (Å²) in [6, 6.07) is 0. The number of rotatable bonds is 8. The third-order valence-electron chi connectivity index (χ3n) is 1.87. The van der Waals surface area contributed by atoms with Gasteiger partial charge in [-0.05, 0) is 13.3 Å². The predicted octanol–water partition coefficient (Wildman–Crippen LogP) is 1.13. The van der Waals surface area contributed by atoms with Crippen LogP contribution < -0.4 is 0 Å². The lowest BCUT2D eigenvalue weighted by molar-refractivity contribution is -0.158. The van der Waals surface area contributed by atoms with Gasteiger partial charge < -0.3 is 14.6 Å². The Labute approximate surface area is 99.9 Å². The van der Waals surface area contributed by atoms with Crippen molar-refractivity contribution in [2.75, 3.05) is 6.61 Å². The van der Waals surface area contributed by atoms with Gasteiger partial charge in [-0.15, -0.1) is 0 Å². The summed E-state index contributed by atoms with van der Waals surface area (Å²) in [6.07, 6.45) is 0.00418. The topological polar surface area (TPSA) is 89.9 Å². The number of esters is 2. The Morgan fingerprint density at radius 1 is 1.18 bits per heavy atom. The van der Waals surface area contributed by atoms with Gasteiger partial charge in [0.05, 0.1) is 0 Å². The van der Waals surface area contributed by atoms with Gasteiger partial charge in [0.1, 0.15) is 12.7 Å². The molecule has 0 aromatic carbocycles. The van der Waals surface area contributed by atoms with Gasteiger partial charge in [0.15, 0.2) is 0 Å². The molecule has 1 unspecified atom stereocenters. The molecule has 6 heteroatoms. The molecule has 0 radical (unpaired) electrons. The first-order valence-electron chi connectivity index (χ1n) is 5.52. The Balaban J connectivity index is 3.65. The Morgan fingerprint density at radius 2 is 1.82 bits per heavy atom. The van der Waals surface area contributed by atoms with Crippen LogP contribution in [0.25, 0.3) is 0 Å². The van der Waals surface area contributed by atoms with E-state index in [0.29, 0.717) is 0 Å². The molecule has 0 heterocycles. The molecule has 0 aliphatic rings. The Morgan fingerprint density at radius 3 is 2.35 bits per heavy atom. The molecule has 0 saturated heterocycles. The predicted molar refractivity (Wildman–Crippen MR) is 58.3 cm³/mol. The summed E-state index contributed by atoms with van der Waals surface area (Å²) in [5.74, 6) is -1.77. The van der Waals surface area contributed by atoms with E-state index in [1.165, 1.54) is 0 Å². The molecule has 1 atom stereocenters. The third kappa shape index (κ3) is 9.35. The van der Waals surface area contributed by atoms with Crippen molar-refractivity contribution in [2.24, 2.45) is 0 Å². The lowest BCUT2D eigenvalue weighted by Gasteiger charge is -2.13. The smallest absolute Gasteiger partial charge is 0.306 e. The maximum absolute atomic E-state index is 11.2. The van der Waals surface area contributed by atoms with Crippen molar-refractivity contribution in [3.05, 3.63) is 0 Å². The van der Waals surface area contributed by atoms with Crippen LogP contribution in [0.5, 0.6) is 0 Å². The molecule has 0 aliphatic carbocycles. The summed E-state index contributed by atoms with van der Waals surface area (Å²) in [5, 5.41) is 8.37. The monoisotopic (exact) mass is 246 g/mol. The number of carbonyl (C=O) groups is 3. The minimum Gasteiger partial charge on any atom is -0.481 e. The van der Waals surface area contributed by atoms with Crippen molar-refractivity contribution in [1.29, 1.82) is 0 Å². The average Bonchev–Trinajstić information content (AvgIpc) is 2.25. The van der Waals surface area contributed by atoms with E-state index in [9.17, 15) is 14.4 Å². The van der Waals surface area contributed by atoms with Crippen LogP contribution in [0.1, 0.15) is 39.5 Å². The molecule has 1 N–H and O–H groups in total. The summed E-state index contributed by atoms with van der Waals surface area (Å²) < 4.78 is 9.70. The number of carbonyl (C=O) groups excluding carboxylic acids is 2. The molecular weight excluding hydrogens is 228 g/mol. The van der Waals surface area contributed by atoms with E-state index in [0.717, 1.165) is 0 Å². The Kier molecular flexibility index (Phi) is 7.75. The highest BCUT2D eigenvalue weighted by molar-refractivity contribution is 5.71. The van der Waals surface area contributed by atoms with Crippen LogP contribution in [0.2, 0.25) is 0 Å². The standard InChI is InChI=1S/C11H18O6/c1-3-10(14)16-7-8(2)17-11(15)6-4-5-9(12)13/h8H,3-7H2,1-2H3,(H,12,13). The van der Waals surface area contributed by atoms with E-state index in [1.54, 1.807) is 13.8 Å². The van der Waals surface area contributed by atoms with E-state index in [2.05, 4.69) is 0 Å². The van der Waals surface area contributed by atoms with Crippen LogP contribution >= 0.6 is 0 Å². The van der Waals surface area contributed by atoms with Crippen molar-refractivity contribution >= 4 is 17.9 Å². The second-order valence-corrected chi connectivity index (χ2v) is 3.58. The van der Waals surface area contributed by atoms with Crippen molar-refractivity contribution in [1.82, 2.24) is 0 Å². The summed E-state index contributed by atoms with van der Waals surface area (Å²) in [6.45, 7) is 3.31. The summed E-state index contributed by atoms with van der Waals surface area (Å²) in [4.78, 5) is 32.2. The van der Waals surface area contributed by atoms with Gasteiger partial charge in [-0.3, -0.25) is 14.4 Å². The fraction of sp³-hybridized carbons (Fsp3) is 0.727. The molecular formula is C11H18O6. The average molecular weight is 246 g/mol. The van der Waals surface area contributed by atoms with E-state index in [1.807, 2.05) is 0 Å².